The molecule has 1 aliphatic heterocycles. The monoisotopic (exact) mass is 313 g/mol. The molecule has 1 saturated heterocycles. The SMILES string of the molecule is O=C(c1cc(F)c(F)c(F)c1)N1CCC(O)(C(F)(F)F)C1. The molecule has 21 heavy (non-hydrogen) atoms. The van der Waals surface area contributed by atoms with E-state index in [0.29, 0.717) is 17.0 Å². The van der Waals surface area contributed by atoms with Crippen LogP contribution in [0.1, 0.15) is 16.8 Å². The molecule has 116 valence electrons. The van der Waals surface area contributed by atoms with E-state index in [9.17, 15) is 36.2 Å². The van der Waals surface area contributed by atoms with Crippen molar-refractivity contribution in [2.45, 2.75) is 18.2 Å². The highest BCUT2D eigenvalue weighted by atomic mass is 19.4. The van der Waals surface area contributed by atoms with E-state index < -0.39 is 60.2 Å². The van der Waals surface area contributed by atoms with Crippen molar-refractivity contribution in [1.29, 1.82) is 0 Å². The Labute approximate surface area is 114 Å². The van der Waals surface area contributed by atoms with Crippen LogP contribution in [-0.2, 0) is 0 Å². The molecule has 1 aromatic carbocycles. The fraction of sp³-hybridized carbons (Fsp3) is 0.417. The number of benzene rings is 1. The van der Waals surface area contributed by atoms with E-state index in [-0.39, 0.29) is 0 Å². The lowest BCUT2D eigenvalue weighted by atomic mass is 10.0. The molecule has 1 fully saturated rings. The Morgan fingerprint density at radius 2 is 1.71 bits per heavy atom. The van der Waals surface area contributed by atoms with Crippen molar-refractivity contribution in [2.75, 3.05) is 13.1 Å². The van der Waals surface area contributed by atoms with Crippen LogP contribution in [0.15, 0.2) is 12.1 Å². The number of amides is 1. The summed E-state index contributed by atoms with van der Waals surface area (Å²) in [4.78, 5) is 12.5. The van der Waals surface area contributed by atoms with Gasteiger partial charge in [-0.2, -0.15) is 13.2 Å². The van der Waals surface area contributed by atoms with Gasteiger partial charge < -0.3 is 10.0 Å². The highest BCUT2D eigenvalue weighted by Crippen LogP contribution is 2.38. The van der Waals surface area contributed by atoms with E-state index in [1.54, 1.807) is 0 Å². The molecular weight excluding hydrogens is 304 g/mol. The van der Waals surface area contributed by atoms with Crippen molar-refractivity contribution in [2.24, 2.45) is 0 Å². The molecule has 0 aliphatic carbocycles. The molecule has 0 saturated carbocycles. The lowest BCUT2D eigenvalue weighted by Gasteiger charge is -2.25. The summed E-state index contributed by atoms with van der Waals surface area (Å²) in [5, 5.41) is 9.42. The quantitative estimate of drug-likeness (QED) is 0.638. The molecule has 1 unspecified atom stereocenters. The smallest absolute Gasteiger partial charge is 0.379 e. The molecule has 9 heteroatoms. The molecule has 3 nitrogen and oxygen atoms in total. The number of hydrogen-bond donors (Lipinski definition) is 1. The fourth-order valence-corrected chi connectivity index (χ4v) is 2.06. The Hall–Kier alpha value is -1.77. The van der Waals surface area contributed by atoms with Gasteiger partial charge in [-0.15, -0.1) is 0 Å². The van der Waals surface area contributed by atoms with Gasteiger partial charge in [-0.3, -0.25) is 4.79 Å². The highest BCUT2D eigenvalue weighted by molar-refractivity contribution is 5.94. The average molecular weight is 313 g/mol. The molecule has 0 bridgehead atoms. The summed E-state index contributed by atoms with van der Waals surface area (Å²) < 4.78 is 76.6. The summed E-state index contributed by atoms with van der Waals surface area (Å²) in [6.45, 7) is -1.48. The van der Waals surface area contributed by atoms with Gasteiger partial charge >= 0.3 is 6.18 Å². The van der Waals surface area contributed by atoms with E-state index in [0.717, 1.165) is 0 Å². The second kappa shape index (κ2) is 4.90. The zero-order chi connectivity index (χ0) is 16.0. The molecular formula is C12H9F6NO2. The van der Waals surface area contributed by atoms with E-state index >= 15 is 0 Å². The summed E-state index contributed by atoms with van der Waals surface area (Å²) in [6.07, 6.45) is -5.67. The Morgan fingerprint density at radius 1 is 1.19 bits per heavy atom. The molecule has 1 heterocycles. The first-order chi connectivity index (χ1) is 9.55. The number of aliphatic hydroxyl groups is 1. The fourth-order valence-electron chi connectivity index (χ4n) is 2.06. The van der Waals surface area contributed by atoms with Gasteiger partial charge in [-0.1, -0.05) is 0 Å². The Bertz CT molecular complexity index is 565. The number of nitrogens with zero attached hydrogens (tertiary/aromatic N) is 1. The minimum Gasteiger partial charge on any atom is -0.379 e. The van der Waals surface area contributed by atoms with Crippen molar-refractivity contribution < 1.29 is 36.2 Å². The van der Waals surface area contributed by atoms with Gasteiger partial charge in [0.15, 0.2) is 23.1 Å². The molecule has 0 aromatic heterocycles. The normalized spacial score (nSPS) is 22.7. The second-order valence-corrected chi connectivity index (χ2v) is 4.76. The largest absolute Gasteiger partial charge is 0.419 e. The number of alkyl halides is 3. The van der Waals surface area contributed by atoms with Gasteiger partial charge in [-0.05, 0) is 12.1 Å². The summed E-state index contributed by atoms with van der Waals surface area (Å²) in [5.41, 5.74) is -3.68. The Morgan fingerprint density at radius 3 is 2.14 bits per heavy atom. The standard InChI is InChI=1S/C12H9F6NO2/c13-7-3-6(4-8(14)9(7)15)10(20)19-2-1-11(21,5-19)12(16,17)18/h3-4,21H,1-2,5H2. The van der Waals surface area contributed by atoms with Crippen molar-refractivity contribution >= 4 is 5.91 Å². The maximum Gasteiger partial charge on any atom is 0.419 e. The van der Waals surface area contributed by atoms with E-state index in [1.165, 1.54) is 0 Å². The number of β-amino-alcohol motifs (C(OH)–C–C–N with tert-alkyl or cyclic N) is 1. The summed E-state index contributed by atoms with van der Waals surface area (Å²) in [5.74, 6) is -6.14. The van der Waals surface area contributed by atoms with Gasteiger partial charge in [-0.25, -0.2) is 13.2 Å². The van der Waals surface area contributed by atoms with Gasteiger partial charge in [0.05, 0.1) is 6.54 Å². The van der Waals surface area contributed by atoms with Crippen LogP contribution in [0, 0.1) is 17.5 Å². The molecule has 2 rings (SSSR count). The zero-order valence-electron chi connectivity index (χ0n) is 10.3. The first-order valence-electron chi connectivity index (χ1n) is 5.78. The average Bonchev–Trinajstić information content (AvgIpc) is 2.78. The van der Waals surface area contributed by atoms with E-state index in [4.69, 9.17) is 0 Å². The lowest BCUT2D eigenvalue weighted by molar-refractivity contribution is -0.253. The maximum absolute atomic E-state index is 13.0. The Balaban J connectivity index is 2.23. The first-order valence-corrected chi connectivity index (χ1v) is 5.78. The van der Waals surface area contributed by atoms with Crippen molar-refractivity contribution in [1.82, 2.24) is 4.90 Å². The van der Waals surface area contributed by atoms with Crippen LogP contribution in [0.2, 0.25) is 0 Å². The second-order valence-electron chi connectivity index (χ2n) is 4.76. The van der Waals surface area contributed by atoms with Crippen molar-refractivity contribution in [3.8, 4) is 0 Å². The summed E-state index contributed by atoms with van der Waals surface area (Å²) in [6, 6.07) is 0.789. The minimum absolute atomic E-state index is 0.395. The predicted octanol–water partition coefficient (Wildman–Crippen LogP) is 2.24. The predicted molar refractivity (Wildman–Crippen MR) is 57.8 cm³/mol. The van der Waals surface area contributed by atoms with Gasteiger partial charge in [0.25, 0.3) is 5.91 Å². The molecule has 1 aliphatic rings. The molecule has 1 N–H and O–H groups in total. The molecule has 1 atom stereocenters. The van der Waals surface area contributed by atoms with E-state index in [2.05, 4.69) is 0 Å². The third-order valence-electron chi connectivity index (χ3n) is 3.29. The molecule has 0 spiro atoms. The van der Waals surface area contributed by atoms with E-state index in [1.807, 2.05) is 0 Å². The topological polar surface area (TPSA) is 40.5 Å². The molecule has 0 radical (unpaired) electrons. The number of rotatable bonds is 1. The molecule has 1 amide bonds. The highest BCUT2D eigenvalue weighted by Gasteiger charge is 2.57. The van der Waals surface area contributed by atoms with Crippen molar-refractivity contribution in [3.05, 3.63) is 35.1 Å². The van der Waals surface area contributed by atoms with Crippen LogP contribution < -0.4 is 0 Å². The van der Waals surface area contributed by atoms with Crippen LogP contribution in [0.25, 0.3) is 0 Å². The van der Waals surface area contributed by atoms with Gasteiger partial charge in [0.1, 0.15) is 0 Å². The van der Waals surface area contributed by atoms with Crippen LogP contribution in [-0.4, -0.2) is 40.8 Å². The number of likely N-dealkylation sites (tertiary alicyclic amines) is 1. The maximum atomic E-state index is 13.0. The number of hydrogen-bond acceptors (Lipinski definition) is 2. The number of halogens is 6. The van der Waals surface area contributed by atoms with Crippen LogP contribution in [0.4, 0.5) is 26.3 Å². The zero-order valence-corrected chi connectivity index (χ0v) is 10.3. The Kier molecular flexibility index (Phi) is 3.64. The number of carbonyl (C=O) groups is 1. The lowest BCUT2D eigenvalue weighted by Crippen LogP contribution is -2.48. The van der Waals surface area contributed by atoms with Crippen molar-refractivity contribution in [3.63, 3.8) is 0 Å². The summed E-state index contributed by atoms with van der Waals surface area (Å²) >= 11 is 0. The third kappa shape index (κ3) is 2.69. The minimum atomic E-state index is -4.93. The number of carbonyl (C=O) groups excluding carboxylic acids is 1. The summed E-state index contributed by atoms with van der Waals surface area (Å²) in [7, 11) is 0. The van der Waals surface area contributed by atoms with Gasteiger partial charge in [0.2, 0.25) is 0 Å². The third-order valence-corrected chi connectivity index (χ3v) is 3.29. The van der Waals surface area contributed by atoms with Crippen LogP contribution >= 0.6 is 0 Å². The molecule has 1 aromatic rings. The van der Waals surface area contributed by atoms with Gasteiger partial charge in [0, 0.05) is 18.5 Å². The van der Waals surface area contributed by atoms with Crippen LogP contribution in [0.3, 0.4) is 0 Å². The van der Waals surface area contributed by atoms with Crippen LogP contribution in [0.5, 0.6) is 0 Å². The first kappa shape index (κ1) is 15.6.